The fourth-order valence-electron chi connectivity index (χ4n) is 2.03. The molecule has 0 bridgehead atoms. The summed E-state index contributed by atoms with van der Waals surface area (Å²) in [6.07, 6.45) is 1.70. The van der Waals surface area contributed by atoms with Crippen LogP contribution in [0.5, 0.6) is 0 Å². The number of hydrogen-bond acceptors (Lipinski definition) is 3. The first kappa shape index (κ1) is 15.2. The van der Waals surface area contributed by atoms with E-state index in [2.05, 4.69) is 25.9 Å². The number of nitrogens with zero attached hydrogens (tertiary/aromatic N) is 3. The van der Waals surface area contributed by atoms with Gasteiger partial charge in [-0.3, -0.25) is 4.68 Å². The van der Waals surface area contributed by atoms with Crippen LogP contribution in [0.4, 0.5) is 4.39 Å². The zero-order valence-electron chi connectivity index (χ0n) is 11.6. The number of halogens is 2. The Bertz CT molecular complexity index is 582. The third kappa shape index (κ3) is 3.26. The van der Waals surface area contributed by atoms with Crippen LogP contribution in [0.25, 0.3) is 0 Å². The van der Waals surface area contributed by atoms with Crippen molar-refractivity contribution >= 4 is 15.9 Å². The van der Waals surface area contributed by atoms with Crippen LogP contribution in [0.15, 0.2) is 34.9 Å². The Morgan fingerprint density at radius 3 is 2.75 bits per heavy atom. The molecule has 1 aromatic heterocycles. The summed E-state index contributed by atoms with van der Waals surface area (Å²) in [5.41, 5.74) is 7.49. The fourth-order valence-corrected chi connectivity index (χ4v) is 2.57. The van der Waals surface area contributed by atoms with Crippen molar-refractivity contribution < 1.29 is 4.39 Å². The number of benzene rings is 1. The van der Waals surface area contributed by atoms with Gasteiger partial charge in [0.05, 0.1) is 29.0 Å². The Kier molecular flexibility index (Phi) is 4.91. The van der Waals surface area contributed by atoms with Gasteiger partial charge < -0.3 is 10.6 Å². The van der Waals surface area contributed by atoms with Crippen LogP contribution in [-0.4, -0.2) is 35.3 Å². The van der Waals surface area contributed by atoms with Gasteiger partial charge in [-0.05, 0) is 36.1 Å². The third-order valence-corrected chi connectivity index (χ3v) is 3.74. The largest absolute Gasteiger partial charge is 0.319 e. The Morgan fingerprint density at radius 1 is 1.40 bits per heavy atom. The second kappa shape index (κ2) is 6.47. The second-order valence-corrected chi connectivity index (χ2v) is 5.76. The zero-order chi connectivity index (χ0) is 14.7. The van der Waals surface area contributed by atoms with Crippen molar-refractivity contribution in [1.82, 2.24) is 14.7 Å². The average molecular weight is 341 g/mol. The first-order valence-corrected chi connectivity index (χ1v) is 7.16. The monoisotopic (exact) mass is 340 g/mol. The summed E-state index contributed by atoms with van der Waals surface area (Å²) >= 11 is 3.45. The molecule has 0 aliphatic heterocycles. The number of aromatic nitrogens is 2. The molecule has 2 N–H and O–H groups in total. The third-order valence-electron chi connectivity index (χ3n) is 3.13. The molecule has 0 spiro atoms. The highest BCUT2D eigenvalue weighted by Crippen LogP contribution is 2.28. The summed E-state index contributed by atoms with van der Waals surface area (Å²) in [4.78, 5) is 2.06. The predicted molar refractivity (Wildman–Crippen MR) is 80.9 cm³/mol. The molecule has 0 amide bonds. The SMILES string of the molecule is CN(C)CCn1ncc(Br)c1C(N)c1ccccc1F. The van der Waals surface area contributed by atoms with E-state index in [1.165, 1.54) is 6.07 Å². The van der Waals surface area contributed by atoms with Crippen molar-refractivity contribution in [3.8, 4) is 0 Å². The Labute approximate surface area is 126 Å². The maximum atomic E-state index is 13.9. The van der Waals surface area contributed by atoms with Crippen LogP contribution in [0, 0.1) is 5.82 Å². The normalized spacial score (nSPS) is 12.9. The summed E-state index contributed by atoms with van der Waals surface area (Å²) < 4.78 is 16.5. The lowest BCUT2D eigenvalue weighted by atomic mass is 10.0. The molecule has 0 saturated heterocycles. The van der Waals surface area contributed by atoms with E-state index in [0.717, 1.165) is 16.7 Å². The second-order valence-electron chi connectivity index (χ2n) is 4.90. The summed E-state index contributed by atoms with van der Waals surface area (Å²) in [7, 11) is 3.99. The van der Waals surface area contributed by atoms with Crippen LogP contribution in [-0.2, 0) is 6.54 Å². The maximum absolute atomic E-state index is 13.9. The lowest BCUT2D eigenvalue weighted by molar-refractivity contribution is 0.367. The highest BCUT2D eigenvalue weighted by molar-refractivity contribution is 9.10. The number of likely N-dealkylation sites (N-methyl/N-ethyl adjacent to an activating group) is 1. The molecule has 0 saturated carbocycles. The van der Waals surface area contributed by atoms with Gasteiger partial charge in [-0.25, -0.2) is 4.39 Å². The molecular formula is C14H18BrFN4. The molecule has 2 rings (SSSR count). The minimum absolute atomic E-state index is 0.299. The van der Waals surface area contributed by atoms with Crippen LogP contribution in [0.3, 0.4) is 0 Å². The van der Waals surface area contributed by atoms with E-state index in [1.54, 1.807) is 24.4 Å². The molecular weight excluding hydrogens is 323 g/mol. The van der Waals surface area contributed by atoms with Crippen molar-refractivity contribution in [2.45, 2.75) is 12.6 Å². The zero-order valence-corrected chi connectivity index (χ0v) is 13.1. The molecule has 1 unspecified atom stereocenters. The van der Waals surface area contributed by atoms with Gasteiger partial charge in [0.2, 0.25) is 0 Å². The Balaban J connectivity index is 2.32. The molecule has 20 heavy (non-hydrogen) atoms. The van der Waals surface area contributed by atoms with E-state index in [9.17, 15) is 4.39 Å². The van der Waals surface area contributed by atoms with Crippen LogP contribution in [0.1, 0.15) is 17.3 Å². The van der Waals surface area contributed by atoms with Gasteiger partial charge in [0.1, 0.15) is 5.82 Å². The molecule has 0 aliphatic rings. The van der Waals surface area contributed by atoms with E-state index in [-0.39, 0.29) is 5.82 Å². The van der Waals surface area contributed by atoms with Crippen LogP contribution in [0.2, 0.25) is 0 Å². The highest BCUT2D eigenvalue weighted by atomic mass is 79.9. The van der Waals surface area contributed by atoms with Crippen LogP contribution >= 0.6 is 15.9 Å². The number of hydrogen-bond donors (Lipinski definition) is 1. The molecule has 2 aromatic rings. The van der Waals surface area contributed by atoms with Crippen molar-refractivity contribution in [3.05, 3.63) is 52.0 Å². The minimum atomic E-state index is -0.546. The fraction of sp³-hybridized carbons (Fsp3) is 0.357. The van der Waals surface area contributed by atoms with E-state index in [4.69, 9.17) is 5.73 Å². The first-order valence-electron chi connectivity index (χ1n) is 6.36. The van der Waals surface area contributed by atoms with Gasteiger partial charge in [-0.15, -0.1) is 0 Å². The maximum Gasteiger partial charge on any atom is 0.128 e. The quantitative estimate of drug-likeness (QED) is 0.909. The van der Waals surface area contributed by atoms with E-state index < -0.39 is 6.04 Å². The topological polar surface area (TPSA) is 47.1 Å². The Morgan fingerprint density at radius 2 is 2.10 bits per heavy atom. The predicted octanol–water partition coefficient (Wildman–Crippen LogP) is 2.39. The molecule has 0 radical (unpaired) electrons. The van der Waals surface area contributed by atoms with E-state index in [0.29, 0.717) is 12.1 Å². The summed E-state index contributed by atoms with van der Waals surface area (Å²) in [5.74, 6) is -0.299. The molecule has 4 nitrogen and oxygen atoms in total. The van der Waals surface area contributed by atoms with Crippen molar-refractivity contribution in [3.63, 3.8) is 0 Å². The number of rotatable bonds is 5. The van der Waals surface area contributed by atoms with Crippen molar-refractivity contribution in [2.24, 2.45) is 5.73 Å². The van der Waals surface area contributed by atoms with Crippen molar-refractivity contribution in [2.75, 3.05) is 20.6 Å². The molecule has 6 heteroatoms. The molecule has 1 atom stereocenters. The molecule has 0 fully saturated rings. The van der Waals surface area contributed by atoms with Gasteiger partial charge in [-0.1, -0.05) is 18.2 Å². The smallest absolute Gasteiger partial charge is 0.128 e. The lowest BCUT2D eigenvalue weighted by Crippen LogP contribution is -2.24. The standard InChI is InChI=1S/C14H18BrFN4/c1-19(2)7-8-20-14(11(15)9-18-20)13(17)10-5-3-4-6-12(10)16/h3-6,9,13H,7-8,17H2,1-2H3. The summed E-state index contributed by atoms with van der Waals surface area (Å²) in [6, 6.07) is 6.02. The average Bonchev–Trinajstić information content (AvgIpc) is 2.77. The van der Waals surface area contributed by atoms with Crippen molar-refractivity contribution in [1.29, 1.82) is 0 Å². The molecule has 0 aliphatic carbocycles. The minimum Gasteiger partial charge on any atom is -0.319 e. The van der Waals surface area contributed by atoms with Gasteiger partial charge in [0.25, 0.3) is 0 Å². The van der Waals surface area contributed by atoms with E-state index in [1.807, 2.05) is 18.8 Å². The summed E-state index contributed by atoms with van der Waals surface area (Å²) in [5, 5.41) is 4.30. The van der Waals surface area contributed by atoms with Gasteiger partial charge in [-0.2, -0.15) is 5.10 Å². The highest BCUT2D eigenvalue weighted by Gasteiger charge is 2.20. The van der Waals surface area contributed by atoms with Gasteiger partial charge in [0, 0.05) is 12.1 Å². The first-order chi connectivity index (χ1) is 9.50. The van der Waals surface area contributed by atoms with Gasteiger partial charge in [0.15, 0.2) is 0 Å². The molecule has 1 heterocycles. The molecule has 1 aromatic carbocycles. The van der Waals surface area contributed by atoms with E-state index >= 15 is 0 Å². The van der Waals surface area contributed by atoms with Crippen LogP contribution < -0.4 is 5.73 Å². The summed E-state index contributed by atoms with van der Waals surface area (Å²) in [6.45, 7) is 1.54. The molecule has 108 valence electrons. The lowest BCUT2D eigenvalue weighted by Gasteiger charge is -2.17. The number of nitrogens with two attached hydrogens (primary N) is 1. The van der Waals surface area contributed by atoms with Gasteiger partial charge >= 0.3 is 0 Å². The Hall–Kier alpha value is -1.24.